The Morgan fingerprint density at radius 2 is 2.21 bits per heavy atom. The van der Waals surface area contributed by atoms with Crippen LogP contribution in [0, 0.1) is 6.92 Å². The van der Waals surface area contributed by atoms with Crippen LogP contribution in [0.1, 0.15) is 27.3 Å². The number of alkyl halides is 2. The number of amides is 1. The second-order valence-electron chi connectivity index (χ2n) is 5.27. The van der Waals surface area contributed by atoms with Crippen LogP contribution in [0.25, 0.3) is 0 Å². The molecule has 1 amide bonds. The lowest BCUT2D eigenvalue weighted by Crippen LogP contribution is -2.25. The molecule has 3 N–H and O–H groups in total. The first-order valence-corrected chi connectivity index (χ1v) is 7.18. The SMILES string of the molecule is Cc1ccc(NC(=O)c2n[nH]c3c2CNCC3)cc1OC(F)F.Cl. The first-order valence-electron chi connectivity index (χ1n) is 7.18. The Morgan fingerprint density at radius 3 is 2.96 bits per heavy atom. The van der Waals surface area contributed by atoms with E-state index in [0.29, 0.717) is 23.5 Å². The van der Waals surface area contributed by atoms with Crippen molar-refractivity contribution in [3.63, 3.8) is 0 Å². The molecular formula is C15H17ClF2N4O2. The second kappa shape index (κ2) is 7.59. The van der Waals surface area contributed by atoms with Gasteiger partial charge >= 0.3 is 6.61 Å². The monoisotopic (exact) mass is 358 g/mol. The Kier molecular flexibility index (Phi) is 5.74. The van der Waals surface area contributed by atoms with Crippen LogP contribution in [0.15, 0.2) is 18.2 Å². The van der Waals surface area contributed by atoms with Crippen molar-refractivity contribution >= 4 is 24.0 Å². The van der Waals surface area contributed by atoms with Crippen molar-refractivity contribution in [2.24, 2.45) is 0 Å². The molecule has 0 saturated carbocycles. The highest BCUT2D eigenvalue weighted by Gasteiger charge is 2.21. The van der Waals surface area contributed by atoms with E-state index in [2.05, 4.69) is 25.6 Å². The summed E-state index contributed by atoms with van der Waals surface area (Å²) in [7, 11) is 0. The molecule has 1 aromatic carbocycles. The number of ether oxygens (including phenoxy) is 1. The van der Waals surface area contributed by atoms with E-state index in [4.69, 9.17) is 0 Å². The van der Waals surface area contributed by atoms with Crippen LogP contribution >= 0.6 is 12.4 Å². The molecule has 0 unspecified atom stereocenters. The van der Waals surface area contributed by atoms with Gasteiger partial charge in [0.15, 0.2) is 5.69 Å². The summed E-state index contributed by atoms with van der Waals surface area (Å²) >= 11 is 0. The number of aryl methyl sites for hydroxylation is 1. The van der Waals surface area contributed by atoms with Gasteiger partial charge in [0.2, 0.25) is 0 Å². The van der Waals surface area contributed by atoms with E-state index in [9.17, 15) is 13.6 Å². The predicted octanol–water partition coefficient (Wildman–Crippen LogP) is 2.64. The topological polar surface area (TPSA) is 79.0 Å². The van der Waals surface area contributed by atoms with E-state index in [1.54, 1.807) is 19.1 Å². The molecular weight excluding hydrogens is 342 g/mol. The normalized spacial score (nSPS) is 13.2. The van der Waals surface area contributed by atoms with Crippen LogP contribution in [-0.4, -0.2) is 29.3 Å². The minimum absolute atomic E-state index is 0. The van der Waals surface area contributed by atoms with Crippen LogP contribution in [-0.2, 0) is 13.0 Å². The standard InChI is InChI=1S/C15H16F2N4O2.ClH/c1-8-2-3-9(6-12(8)23-15(16)17)19-14(22)13-10-7-18-5-4-11(10)20-21-13;/h2-3,6,15,18H,4-5,7H2,1H3,(H,19,22)(H,20,21);1H. The van der Waals surface area contributed by atoms with Crippen LogP contribution in [0.2, 0.25) is 0 Å². The molecule has 1 aliphatic rings. The fourth-order valence-corrected chi connectivity index (χ4v) is 2.50. The minimum Gasteiger partial charge on any atom is -0.434 e. The number of hydrogen-bond donors (Lipinski definition) is 3. The Balaban J connectivity index is 0.00000208. The second-order valence-corrected chi connectivity index (χ2v) is 5.27. The number of hydrogen-bond acceptors (Lipinski definition) is 4. The number of anilines is 1. The van der Waals surface area contributed by atoms with Crippen molar-refractivity contribution < 1.29 is 18.3 Å². The van der Waals surface area contributed by atoms with E-state index >= 15 is 0 Å². The smallest absolute Gasteiger partial charge is 0.387 e. The lowest BCUT2D eigenvalue weighted by atomic mass is 10.1. The summed E-state index contributed by atoms with van der Waals surface area (Å²) in [6.07, 6.45) is 0.784. The van der Waals surface area contributed by atoms with Gasteiger partial charge in [0.05, 0.1) is 0 Å². The number of H-pyrrole nitrogens is 1. The average Bonchev–Trinajstić information content (AvgIpc) is 2.94. The molecule has 6 nitrogen and oxygen atoms in total. The number of carbonyl (C=O) groups excluding carboxylic acids is 1. The van der Waals surface area contributed by atoms with E-state index in [0.717, 1.165) is 24.2 Å². The summed E-state index contributed by atoms with van der Waals surface area (Å²) in [6.45, 7) is 0.146. The number of nitrogens with one attached hydrogen (secondary N) is 3. The van der Waals surface area contributed by atoms with Crippen molar-refractivity contribution in [1.82, 2.24) is 15.5 Å². The van der Waals surface area contributed by atoms with Crippen molar-refractivity contribution in [2.75, 3.05) is 11.9 Å². The fraction of sp³-hybridized carbons (Fsp3) is 0.333. The molecule has 0 fully saturated rings. The third kappa shape index (κ3) is 3.82. The highest BCUT2D eigenvalue weighted by atomic mass is 35.5. The lowest BCUT2D eigenvalue weighted by Gasteiger charge is -2.13. The number of aromatic nitrogens is 2. The molecule has 0 atom stereocenters. The molecule has 1 aliphatic heterocycles. The van der Waals surface area contributed by atoms with Crippen molar-refractivity contribution in [1.29, 1.82) is 0 Å². The van der Waals surface area contributed by atoms with E-state index < -0.39 is 12.5 Å². The Morgan fingerprint density at radius 1 is 1.42 bits per heavy atom. The highest BCUT2D eigenvalue weighted by Crippen LogP contribution is 2.25. The molecule has 1 aromatic heterocycles. The molecule has 2 heterocycles. The molecule has 0 bridgehead atoms. The molecule has 130 valence electrons. The summed E-state index contributed by atoms with van der Waals surface area (Å²) in [5.74, 6) is -0.360. The molecule has 3 rings (SSSR count). The molecule has 24 heavy (non-hydrogen) atoms. The van der Waals surface area contributed by atoms with Crippen LogP contribution in [0.5, 0.6) is 5.75 Å². The molecule has 9 heteroatoms. The Bertz CT molecular complexity index is 736. The lowest BCUT2D eigenvalue weighted by molar-refractivity contribution is -0.0502. The van der Waals surface area contributed by atoms with Gasteiger partial charge in [-0.15, -0.1) is 12.4 Å². The molecule has 0 radical (unpaired) electrons. The van der Waals surface area contributed by atoms with E-state index in [1.165, 1.54) is 6.07 Å². The molecule has 2 aromatic rings. The quantitative estimate of drug-likeness (QED) is 0.785. The summed E-state index contributed by atoms with van der Waals surface area (Å²) < 4.78 is 29.2. The highest BCUT2D eigenvalue weighted by molar-refractivity contribution is 6.04. The van der Waals surface area contributed by atoms with Crippen molar-refractivity contribution in [3.8, 4) is 5.75 Å². The molecule has 0 saturated heterocycles. The number of halogens is 3. The first kappa shape index (κ1) is 18.2. The number of nitrogens with zero attached hydrogens (tertiary/aromatic N) is 1. The van der Waals surface area contributed by atoms with Gasteiger partial charge in [-0.25, -0.2) is 0 Å². The van der Waals surface area contributed by atoms with Gasteiger partial charge in [-0.05, 0) is 18.6 Å². The van der Waals surface area contributed by atoms with Crippen LogP contribution < -0.4 is 15.4 Å². The maximum atomic E-state index is 12.4. The largest absolute Gasteiger partial charge is 0.434 e. The third-order valence-electron chi connectivity index (χ3n) is 3.68. The summed E-state index contributed by atoms with van der Waals surface area (Å²) in [4.78, 5) is 12.4. The first-order chi connectivity index (χ1) is 11.0. The van der Waals surface area contributed by atoms with Gasteiger partial charge in [-0.1, -0.05) is 6.07 Å². The van der Waals surface area contributed by atoms with E-state index in [1.807, 2.05) is 0 Å². The zero-order valence-corrected chi connectivity index (χ0v) is 13.7. The van der Waals surface area contributed by atoms with Crippen LogP contribution in [0.3, 0.4) is 0 Å². The summed E-state index contributed by atoms with van der Waals surface area (Å²) in [5, 5.41) is 12.8. The van der Waals surface area contributed by atoms with Crippen LogP contribution in [0.4, 0.5) is 14.5 Å². The van der Waals surface area contributed by atoms with Crippen molar-refractivity contribution in [3.05, 3.63) is 40.7 Å². The summed E-state index contributed by atoms with van der Waals surface area (Å²) in [5.41, 5.74) is 3.02. The molecule has 0 spiro atoms. The average molecular weight is 359 g/mol. The number of rotatable bonds is 4. The fourth-order valence-electron chi connectivity index (χ4n) is 2.50. The van der Waals surface area contributed by atoms with Gasteiger partial charge in [-0.3, -0.25) is 9.89 Å². The minimum atomic E-state index is -2.91. The Hall–Kier alpha value is -2.19. The zero-order valence-electron chi connectivity index (χ0n) is 12.9. The maximum absolute atomic E-state index is 12.4. The van der Waals surface area contributed by atoms with Gasteiger partial charge < -0.3 is 15.4 Å². The molecule has 0 aliphatic carbocycles. The predicted molar refractivity (Wildman–Crippen MR) is 87.0 cm³/mol. The van der Waals surface area contributed by atoms with Gasteiger partial charge in [0.1, 0.15) is 5.75 Å². The van der Waals surface area contributed by atoms with Gasteiger partial charge in [0, 0.05) is 42.5 Å². The number of fused-ring (bicyclic) bond motifs is 1. The Labute approximate surface area is 143 Å². The van der Waals surface area contributed by atoms with Gasteiger partial charge in [-0.2, -0.15) is 13.9 Å². The van der Waals surface area contributed by atoms with E-state index in [-0.39, 0.29) is 18.2 Å². The number of carbonyl (C=O) groups is 1. The van der Waals surface area contributed by atoms with Crippen molar-refractivity contribution in [2.45, 2.75) is 26.5 Å². The number of benzene rings is 1. The van der Waals surface area contributed by atoms with Gasteiger partial charge in [0.25, 0.3) is 5.91 Å². The maximum Gasteiger partial charge on any atom is 0.387 e. The summed E-state index contributed by atoms with van der Waals surface area (Å²) in [6, 6.07) is 4.61. The zero-order chi connectivity index (χ0) is 16.4. The third-order valence-corrected chi connectivity index (χ3v) is 3.68. The number of aromatic amines is 1.